The van der Waals surface area contributed by atoms with E-state index in [0.717, 1.165) is 18.4 Å². The lowest BCUT2D eigenvalue weighted by atomic mass is 9.92. The number of rotatable bonds is 8. The van der Waals surface area contributed by atoms with Gasteiger partial charge in [-0.1, -0.05) is 47.1 Å². The Morgan fingerprint density at radius 1 is 1.18 bits per heavy atom. The van der Waals surface area contributed by atoms with Crippen molar-refractivity contribution >= 4 is 17.1 Å². The summed E-state index contributed by atoms with van der Waals surface area (Å²) < 4.78 is 8.43. The van der Waals surface area contributed by atoms with Crippen molar-refractivity contribution in [1.29, 1.82) is 0 Å². The first-order valence-electron chi connectivity index (χ1n) is 11.3. The zero-order valence-corrected chi connectivity index (χ0v) is 20.1. The van der Waals surface area contributed by atoms with Crippen molar-refractivity contribution in [3.63, 3.8) is 0 Å². The van der Waals surface area contributed by atoms with Gasteiger partial charge in [-0.05, 0) is 35.4 Å². The topological polar surface area (TPSA) is 119 Å². The summed E-state index contributed by atoms with van der Waals surface area (Å²) in [5.74, 6) is -0.249. The second kappa shape index (κ2) is 9.64. The van der Waals surface area contributed by atoms with Gasteiger partial charge in [0.05, 0.1) is 0 Å². The van der Waals surface area contributed by atoms with E-state index < -0.39 is 17.2 Å². The fourth-order valence-electron chi connectivity index (χ4n) is 3.76. The Hall–Kier alpha value is -3.36. The summed E-state index contributed by atoms with van der Waals surface area (Å²) in [4.78, 5) is 44.3. The summed E-state index contributed by atoms with van der Waals surface area (Å²) in [5, 5.41) is 10.7. The van der Waals surface area contributed by atoms with E-state index in [0.29, 0.717) is 17.9 Å². The predicted molar refractivity (Wildman–Crippen MR) is 126 cm³/mol. The number of phenols is 1. The fraction of sp³-hybridized carbons (Fsp3) is 0.500. The van der Waals surface area contributed by atoms with Gasteiger partial charge in [0.1, 0.15) is 23.7 Å². The van der Waals surface area contributed by atoms with Crippen LogP contribution in [0.15, 0.2) is 21.7 Å². The van der Waals surface area contributed by atoms with Crippen LogP contribution in [0.1, 0.15) is 86.6 Å². The summed E-state index contributed by atoms with van der Waals surface area (Å²) in [6.45, 7) is 10.1. The molecule has 0 aliphatic carbocycles. The number of hydrogen-bond acceptors (Lipinski definition) is 6. The zero-order valence-electron chi connectivity index (χ0n) is 20.1. The van der Waals surface area contributed by atoms with Crippen molar-refractivity contribution in [2.24, 2.45) is 7.05 Å². The Labute approximate surface area is 192 Å². The molecular formula is C24H32N4O5. The Bertz CT molecular complexity index is 1300. The van der Waals surface area contributed by atoms with Crippen LogP contribution in [0.25, 0.3) is 11.2 Å². The van der Waals surface area contributed by atoms with Crippen LogP contribution in [0.5, 0.6) is 5.75 Å². The molecule has 2 aromatic heterocycles. The van der Waals surface area contributed by atoms with Crippen LogP contribution < -0.4 is 11.2 Å². The largest absolute Gasteiger partial charge is 0.507 e. The number of fused-ring (bicyclic) bond motifs is 1. The third-order valence-electron chi connectivity index (χ3n) is 5.84. The number of phenolic OH excluding ortho intramolecular Hbond substituents is 1. The first-order valence-corrected chi connectivity index (χ1v) is 11.3. The summed E-state index contributed by atoms with van der Waals surface area (Å²) in [5.41, 5.74) is 1.15. The minimum absolute atomic E-state index is 0.0293. The lowest BCUT2D eigenvalue weighted by Gasteiger charge is -2.16. The number of aryl methyl sites for hydroxylation is 2. The Balaban J connectivity index is 1.96. The molecule has 33 heavy (non-hydrogen) atoms. The van der Waals surface area contributed by atoms with E-state index >= 15 is 0 Å². The summed E-state index contributed by atoms with van der Waals surface area (Å²) >= 11 is 0. The van der Waals surface area contributed by atoms with Crippen LogP contribution in [0.4, 0.5) is 0 Å². The van der Waals surface area contributed by atoms with Gasteiger partial charge in [-0.3, -0.25) is 14.3 Å². The molecule has 0 aliphatic rings. The molecule has 3 aromatic rings. The van der Waals surface area contributed by atoms with Crippen LogP contribution in [0.2, 0.25) is 0 Å². The van der Waals surface area contributed by atoms with E-state index in [1.807, 2.05) is 40.7 Å². The number of esters is 1. The van der Waals surface area contributed by atoms with Gasteiger partial charge in [0.25, 0.3) is 5.56 Å². The predicted octanol–water partition coefficient (Wildman–Crippen LogP) is 3.53. The minimum atomic E-state index is -0.679. The number of carbonyl (C=O) groups is 1. The van der Waals surface area contributed by atoms with E-state index in [1.54, 1.807) is 13.1 Å². The summed E-state index contributed by atoms with van der Waals surface area (Å²) in [7, 11) is 1.64. The minimum Gasteiger partial charge on any atom is -0.507 e. The number of aromatic hydroxyl groups is 1. The maximum absolute atomic E-state index is 12.9. The molecule has 0 saturated heterocycles. The number of benzene rings is 1. The molecule has 178 valence electrons. The van der Waals surface area contributed by atoms with Crippen molar-refractivity contribution < 1.29 is 14.6 Å². The molecule has 1 aromatic carbocycles. The molecule has 0 radical (unpaired) electrons. The number of nitrogens with zero attached hydrogens (tertiary/aromatic N) is 3. The lowest BCUT2D eigenvalue weighted by molar-refractivity contribution is 0.0456. The summed E-state index contributed by atoms with van der Waals surface area (Å²) in [6, 6.07) is 3.56. The van der Waals surface area contributed by atoms with Crippen molar-refractivity contribution in [3.05, 3.63) is 55.5 Å². The second-order valence-corrected chi connectivity index (χ2v) is 8.92. The quantitative estimate of drug-likeness (QED) is 0.501. The first-order chi connectivity index (χ1) is 15.6. The van der Waals surface area contributed by atoms with E-state index in [-0.39, 0.29) is 40.9 Å². The van der Waals surface area contributed by atoms with E-state index in [2.05, 4.69) is 9.97 Å². The third-order valence-corrected chi connectivity index (χ3v) is 5.84. The molecule has 0 unspecified atom stereocenters. The van der Waals surface area contributed by atoms with Crippen LogP contribution in [0.3, 0.4) is 0 Å². The standard InChI is InChI=1S/C24H32N4O5/c1-7-8-9-28-21-19(22(30)26-24(28)32)27(6)18(25-21)12-33-23(31)17-11-15(13(2)3)10-16(14(4)5)20(17)29/h10-11,13-14,29H,7-9,12H2,1-6H3,(H,26,30,32). The number of H-pyrrole nitrogens is 1. The molecule has 0 aliphatic heterocycles. The van der Waals surface area contributed by atoms with Crippen molar-refractivity contribution in [3.8, 4) is 5.75 Å². The number of aromatic amines is 1. The average Bonchev–Trinajstić information content (AvgIpc) is 3.08. The Morgan fingerprint density at radius 3 is 2.48 bits per heavy atom. The van der Waals surface area contributed by atoms with Gasteiger partial charge in [0.15, 0.2) is 11.2 Å². The van der Waals surface area contributed by atoms with Gasteiger partial charge in [0, 0.05) is 13.6 Å². The maximum Gasteiger partial charge on any atom is 0.342 e. The molecule has 0 saturated carbocycles. The van der Waals surface area contributed by atoms with E-state index in [9.17, 15) is 19.5 Å². The molecule has 0 fully saturated rings. The van der Waals surface area contributed by atoms with Gasteiger partial charge in [-0.25, -0.2) is 14.6 Å². The summed E-state index contributed by atoms with van der Waals surface area (Å²) in [6.07, 6.45) is 1.63. The second-order valence-electron chi connectivity index (χ2n) is 8.92. The molecule has 0 atom stereocenters. The molecule has 9 nitrogen and oxygen atoms in total. The molecule has 0 bridgehead atoms. The Kier molecular flexibility index (Phi) is 7.09. The molecule has 3 rings (SSSR count). The number of hydrogen-bond donors (Lipinski definition) is 2. The maximum atomic E-state index is 12.9. The fourth-order valence-corrected chi connectivity index (χ4v) is 3.76. The SMILES string of the molecule is CCCCn1c(=O)[nH]c(=O)c2c1nc(COC(=O)c1cc(C(C)C)cc(C(C)C)c1O)n2C. The number of carbonyl (C=O) groups excluding carboxylic acids is 1. The van der Waals surface area contributed by atoms with Crippen LogP contribution in [0, 0.1) is 0 Å². The molecular weight excluding hydrogens is 424 g/mol. The van der Waals surface area contributed by atoms with Gasteiger partial charge in [0.2, 0.25) is 0 Å². The molecule has 9 heteroatoms. The van der Waals surface area contributed by atoms with Gasteiger partial charge in [-0.2, -0.15) is 0 Å². The van der Waals surface area contributed by atoms with Crippen molar-refractivity contribution in [2.75, 3.05) is 0 Å². The normalized spacial score (nSPS) is 11.6. The van der Waals surface area contributed by atoms with Crippen LogP contribution in [-0.2, 0) is 24.9 Å². The average molecular weight is 457 g/mol. The highest BCUT2D eigenvalue weighted by Gasteiger charge is 2.22. The number of aromatic nitrogens is 4. The first kappa shape index (κ1) is 24.3. The van der Waals surface area contributed by atoms with Gasteiger partial charge < -0.3 is 14.4 Å². The van der Waals surface area contributed by atoms with Gasteiger partial charge >= 0.3 is 11.7 Å². The van der Waals surface area contributed by atoms with Crippen LogP contribution >= 0.6 is 0 Å². The molecule has 0 amide bonds. The van der Waals surface area contributed by atoms with E-state index in [1.165, 1.54) is 9.13 Å². The Morgan fingerprint density at radius 2 is 1.88 bits per heavy atom. The zero-order chi connectivity index (χ0) is 24.4. The van der Waals surface area contributed by atoms with Crippen molar-refractivity contribution in [1.82, 2.24) is 19.1 Å². The number of nitrogens with one attached hydrogen (secondary N) is 1. The number of ether oxygens (including phenoxy) is 1. The molecule has 2 heterocycles. The van der Waals surface area contributed by atoms with Crippen LogP contribution in [-0.4, -0.2) is 30.2 Å². The highest BCUT2D eigenvalue weighted by molar-refractivity contribution is 5.93. The lowest BCUT2D eigenvalue weighted by Crippen LogP contribution is -2.31. The molecule has 0 spiro atoms. The number of imidazole rings is 1. The highest BCUT2D eigenvalue weighted by Crippen LogP contribution is 2.33. The van der Waals surface area contributed by atoms with Crippen molar-refractivity contribution in [2.45, 2.75) is 72.4 Å². The monoisotopic (exact) mass is 456 g/mol. The third kappa shape index (κ3) is 4.72. The van der Waals surface area contributed by atoms with Gasteiger partial charge in [-0.15, -0.1) is 0 Å². The van der Waals surface area contributed by atoms with E-state index in [4.69, 9.17) is 4.74 Å². The molecule has 2 N–H and O–H groups in total. The smallest absolute Gasteiger partial charge is 0.342 e. The highest BCUT2D eigenvalue weighted by atomic mass is 16.5. The number of unbranched alkanes of at least 4 members (excludes halogenated alkanes) is 1.